The van der Waals surface area contributed by atoms with Crippen molar-refractivity contribution in [2.24, 2.45) is 5.92 Å². The first kappa shape index (κ1) is 25.8. The van der Waals surface area contributed by atoms with Gasteiger partial charge in [0.1, 0.15) is 5.82 Å². The molecule has 0 aliphatic carbocycles. The summed E-state index contributed by atoms with van der Waals surface area (Å²) in [7, 11) is 0. The summed E-state index contributed by atoms with van der Waals surface area (Å²) in [5.74, 6) is -1.42. The zero-order valence-corrected chi connectivity index (χ0v) is 20.4. The molecular formula is C25H31ClFN3O4. The number of aliphatic carboxylic acids is 1. The maximum atomic E-state index is 14.2. The van der Waals surface area contributed by atoms with E-state index in [1.807, 2.05) is 25.1 Å². The third kappa shape index (κ3) is 6.39. The molecule has 34 heavy (non-hydrogen) atoms. The summed E-state index contributed by atoms with van der Waals surface area (Å²) in [6.45, 7) is 7.94. The maximum absolute atomic E-state index is 14.2. The lowest BCUT2D eigenvalue weighted by Gasteiger charge is -2.40. The quantitative estimate of drug-likeness (QED) is 0.424. The number of benzene rings is 2. The molecule has 2 amide bonds. The van der Waals surface area contributed by atoms with Crippen molar-refractivity contribution in [3.8, 4) is 0 Å². The minimum absolute atomic E-state index is 0.00310. The first-order chi connectivity index (χ1) is 16.2. The number of nitrogens with zero attached hydrogens (tertiary/aromatic N) is 1. The molecule has 0 spiro atoms. The van der Waals surface area contributed by atoms with Gasteiger partial charge in [0.05, 0.1) is 42.7 Å². The smallest absolute Gasteiger partial charge is 0.323 e. The number of nitrogens with one attached hydrogen (secondary N) is 2. The van der Waals surface area contributed by atoms with Crippen LogP contribution >= 0.6 is 11.6 Å². The fourth-order valence-corrected chi connectivity index (χ4v) is 4.37. The van der Waals surface area contributed by atoms with E-state index in [1.165, 1.54) is 12.1 Å². The van der Waals surface area contributed by atoms with Gasteiger partial charge in [0, 0.05) is 11.6 Å². The molecule has 0 radical (unpaired) electrons. The lowest BCUT2D eigenvalue weighted by molar-refractivity contribution is -0.137. The molecule has 9 heteroatoms. The van der Waals surface area contributed by atoms with Crippen LogP contribution in [0.15, 0.2) is 36.4 Å². The highest BCUT2D eigenvalue weighted by Crippen LogP contribution is 2.35. The van der Waals surface area contributed by atoms with Crippen LogP contribution in [0.5, 0.6) is 0 Å². The molecule has 184 valence electrons. The largest absolute Gasteiger partial charge is 0.481 e. The molecule has 0 unspecified atom stereocenters. The summed E-state index contributed by atoms with van der Waals surface area (Å²) >= 11 is 5.80. The lowest BCUT2D eigenvalue weighted by atomic mass is 9.92. The molecule has 1 aliphatic rings. The molecule has 0 bridgehead atoms. The van der Waals surface area contributed by atoms with Crippen LogP contribution in [0.25, 0.3) is 0 Å². The summed E-state index contributed by atoms with van der Waals surface area (Å²) in [4.78, 5) is 26.4. The highest BCUT2D eigenvalue weighted by molar-refractivity contribution is 6.30. The van der Waals surface area contributed by atoms with Crippen molar-refractivity contribution in [3.63, 3.8) is 0 Å². The van der Waals surface area contributed by atoms with Gasteiger partial charge in [-0.05, 0) is 54.2 Å². The number of rotatable bonds is 8. The predicted octanol–water partition coefficient (Wildman–Crippen LogP) is 5.95. The fraction of sp³-hybridized carbons (Fsp3) is 0.440. The van der Waals surface area contributed by atoms with E-state index in [2.05, 4.69) is 29.4 Å². The van der Waals surface area contributed by atoms with Gasteiger partial charge in [0.25, 0.3) is 0 Å². The first-order valence-corrected chi connectivity index (χ1v) is 11.8. The molecular weight excluding hydrogens is 461 g/mol. The van der Waals surface area contributed by atoms with Crippen molar-refractivity contribution in [2.75, 3.05) is 35.3 Å². The topological polar surface area (TPSA) is 90.9 Å². The second-order valence-corrected chi connectivity index (χ2v) is 9.20. The number of ether oxygens (including phenoxy) is 1. The van der Waals surface area contributed by atoms with Crippen LogP contribution in [0.1, 0.15) is 45.1 Å². The number of morpholine rings is 1. The Balaban J connectivity index is 1.95. The molecule has 7 nitrogen and oxygen atoms in total. The zero-order valence-electron chi connectivity index (χ0n) is 19.6. The molecule has 1 aliphatic heterocycles. The van der Waals surface area contributed by atoms with Crippen molar-refractivity contribution in [2.45, 2.75) is 45.6 Å². The van der Waals surface area contributed by atoms with E-state index >= 15 is 0 Å². The Labute approximate surface area is 204 Å². The molecule has 1 saturated heterocycles. The lowest BCUT2D eigenvalue weighted by Crippen LogP contribution is -2.48. The average Bonchev–Trinajstić information content (AvgIpc) is 2.79. The van der Waals surface area contributed by atoms with E-state index in [4.69, 9.17) is 16.3 Å². The number of hydrogen-bond acceptors (Lipinski definition) is 4. The minimum atomic E-state index is -0.880. The Kier molecular flexibility index (Phi) is 8.74. The van der Waals surface area contributed by atoms with Gasteiger partial charge < -0.3 is 25.4 Å². The zero-order chi connectivity index (χ0) is 24.8. The van der Waals surface area contributed by atoms with Gasteiger partial charge in [-0.3, -0.25) is 4.79 Å². The number of anilines is 3. The Morgan fingerprint density at radius 2 is 1.94 bits per heavy atom. The summed E-state index contributed by atoms with van der Waals surface area (Å²) in [6.07, 6.45) is 0.628. The highest BCUT2D eigenvalue weighted by atomic mass is 35.5. The van der Waals surface area contributed by atoms with E-state index in [9.17, 15) is 19.1 Å². The van der Waals surface area contributed by atoms with Crippen LogP contribution in [0.2, 0.25) is 5.02 Å². The summed E-state index contributed by atoms with van der Waals surface area (Å²) in [6, 6.07) is 9.16. The SMILES string of the molecule is CC[C@H](CC(=O)O)c1ccc(N2CCOC[C@@H]2C(C)C)c(NC(=O)Nc2ccc(Cl)cc2F)c1. The minimum Gasteiger partial charge on any atom is -0.481 e. The third-order valence-electron chi connectivity index (χ3n) is 6.08. The second-order valence-electron chi connectivity index (χ2n) is 8.76. The van der Waals surface area contributed by atoms with E-state index in [-0.39, 0.29) is 29.1 Å². The van der Waals surface area contributed by atoms with Gasteiger partial charge in [-0.25, -0.2) is 9.18 Å². The van der Waals surface area contributed by atoms with Crippen LogP contribution in [-0.2, 0) is 9.53 Å². The standard InChI is InChI=1S/C25H31ClFN3O4/c1-4-16(12-24(31)32)17-5-8-22(30-9-10-34-14-23(30)15(2)3)21(11-17)29-25(33)28-20-7-6-18(26)13-19(20)27/h5-8,11,13,15-16,23H,4,9-10,12,14H2,1-3H3,(H,31,32)(H2,28,29,33)/t16-,23-/m1/s1. The number of hydrogen-bond donors (Lipinski definition) is 3. The van der Waals surface area contributed by atoms with E-state index in [0.29, 0.717) is 37.8 Å². The Morgan fingerprint density at radius 1 is 1.21 bits per heavy atom. The maximum Gasteiger partial charge on any atom is 0.323 e. The number of carboxylic acid groups (broad SMARTS) is 1. The number of urea groups is 1. The van der Waals surface area contributed by atoms with Crippen LogP contribution in [-0.4, -0.2) is 42.9 Å². The van der Waals surface area contributed by atoms with Crippen molar-refractivity contribution in [1.82, 2.24) is 0 Å². The molecule has 1 fully saturated rings. The third-order valence-corrected chi connectivity index (χ3v) is 6.31. The molecule has 2 aromatic rings. The van der Waals surface area contributed by atoms with Gasteiger partial charge in [-0.1, -0.05) is 38.4 Å². The molecule has 3 rings (SSSR count). The predicted molar refractivity (Wildman–Crippen MR) is 133 cm³/mol. The summed E-state index contributed by atoms with van der Waals surface area (Å²) in [5, 5.41) is 14.9. The van der Waals surface area contributed by atoms with Crippen molar-refractivity contribution >= 4 is 40.7 Å². The molecule has 0 saturated carbocycles. The van der Waals surface area contributed by atoms with Gasteiger partial charge in [0.15, 0.2) is 0 Å². The van der Waals surface area contributed by atoms with Crippen LogP contribution in [0.4, 0.5) is 26.2 Å². The number of amides is 2. The Morgan fingerprint density at radius 3 is 2.59 bits per heavy atom. The van der Waals surface area contributed by atoms with Gasteiger partial charge in [0.2, 0.25) is 0 Å². The van der Waals surface area contributed by atoms with E-state index < -0.39 is 17.8 Å². The Hall–Kier alpha value is -2.84. The normalized spacial score (nSPS) is 16.9. The van der Waals surface area contributed by atoms with Crippen molar-refractivity contribution in [1.29, 1.82) is 0 Å². The number of carbonyl (C=O) groups is 2. The van der Waals surface area contributed by atoms with Crippen molar-refractivity contribution < 1.29 is 23.8 Å². The molecule has 1 heterocycles. The van der Waals surface area contributed by atoms with Crippen LogP contribution in [0.3, 0.4) is 0 Å². The number of carboxylic acids is 1. The second kappa shape index (κ2) is 11.5. The molecule has 2 aromatic carbocycles. The van der Waals surface area contributed by atoms with Crippen LogP contribution in [0, 0.1) is 11.7 Å². The highest BCUT2D eigenvalue weighted by Gasteiger charge is 2.28. The monoisotopic (exact) mass is 491 g/mol. The van der Waals surface area contributed by atoms with Gasteiger partial charge in [-0.15, -0.1) is 0 Å². The molecule has 3 N–H and O–H groups in total. The van der Waals surface area contributed by atoms with E-state index in [0.717, 1.165) is 17.3 Å². The summed E-state index contributed by atoms with van der Waals surface area (Å²) in [5.41, 5.74) is 2.16. The Bertz CT molecular complexity index is 1030. The average molecular weight is 492 g/mol. The number of halogens is 2. The number of carbonyl (C=O) groups excluding carboxylic acids is 1. The van der Waals surface area contributed by atoms with E-state index in [1.54, 1.807) is 0 Å². The molecule has 2 atom stereocenters. The first-order valence-electron chi connectivity index (χ1n) is 11.4. The van der Waals surface area contributed by atoms with Crippen LogP contribution < -0.4 is 15.5 Å². The van der Waals surface area contributed by atoms with Crippen molar-refractivity contribution in [3.05, 3.63) is 52.8 Å². The van der Waals surface area contributed by atoms with Gasteiger partial charge in [-0.2, -0.15) is 0 Å². The fourth-order valence-electron chi connectivity index (χ4n) is 4.21. The molecule has 0 aromatic heterocycles. The summed E-state index contributed by atoms with van der Waals surface area (Å²) < 4.78 is 19.9. The van der Waals surface area contributed by atoms with Gasteiger partial charge >= 0.3 is 12.0 Å².